The van der Waals surface area contributed by atoms with E-state index in [1.807, 2.05) is 18.3 Å². The van der Waals surface area contributed by atoms with Gasteiger partial charge in [0.25, 0.3) is 0 Å². The monoisotopic (exact) mass is 280 g/mol. The molecule has 0 saturated carbocycles. The topological polar surface area (TPSA) is 38.9 Å². The highest BCUT2D eigenvalue weighted by molar-refractivity contribution is 5.77. The van der Waals surface area contributed by atoms with Gasteiger partial charge in [0.15, 0.2) is 5.58 Å². The molecule has 0 unspecified atom stereocenters. The molecule has 3 heteroatoms. The van der Waals surface area contributed by atoms with Gasteiger partial charge in [0.2, 0.25) is 5.89 Å². The Morgan fingerprint density at radius 1 is 1.14 bits per heavy atom. The Balaban J connectivity index is 2.13. The second kappa shape index (κ2) is 4.99. The number of aromatic nitrogens is 2. The van der Waals surface area contributed by atoms with Gasteiger partial charge >= 0.3 is 0 Å². The quantitative estimate of drug-likeness (QED) is 0.680. The van der Waals surface area contributed by atoms with E-state index >= 15 is 0 Å². The Morgan fingerprint density at radius 2 is 1.95 bits per heavy atom. The Morgan fingerprint density at radius 3 is 2.67 bits per heavy atom. The van der Waals surface area contributed by atoms with Crippen molar-refractivity contribution >= 4 is 11.1 Å². The largest absolute Gasteiger partial charge is 0.436 e. The van der Waals surface area contributed by atoms with Gasteiger partial charge in [-0.1, -0.05) is 33.8 Å². The Hall–Kier alpha value is -2.16. The highest BCUT2D eigenvalue weighted by Gasteiger charge is 2.17. The second-order valence-corrected chi connectivity index (χ2v) is 6.34. The molecule has 0 bridgehead atoms. The molecule has 2 aromatic heterocycles. The zero-order valence-corrected chi connectivity index (χ0v) is 13.0. The first-order chi connectivity index (χ1) is 9.99. The summed E-state index contributed by atoms with van der Waals surface area (Å²) in [5, 5.41) is 0. The van der Waals surface area contributed by atoms with Gasteiger partial charge < -0.3 is 4.42 Å². The predicted molar refractivity (Wildman–Crippen MR) is 85.3 cm³/mol. The van der Waals surface area contributed by atoms with Crippen LogP contribution in [0.15, 0.2) is 41.1 Å². The van der Waals surface area contributed by atoms with Gasteiger partial charge in [-0.15, -0.1) is 0 Å². The molecule has 0 radical (unpaired) electrons. The van der Waals surface area contributed by atoms with Crippen LogP contribution in [-0.4, -0.2) is 9.97 Å². The number of nitrogens with zero attached hydrogens (tertiary/aromatic N) is 2. The third kappa shape index (κ3) is 2.56. The molecule has 3 nitrogen and oxygen atoms in total. The van der Waals surface area contributed by atoms with Crippen LogP contribution in [0.4, 0.5) is 0 Å². The van der Waals surface area contributed by atoms with E-state index in [4.69, 9.17) is 4.42 Å². The van der Waals surface area contributed by atoms with Crippen molar-refractivity contribution in [3.63, 3.8) is 0 Å². The SMILES string of the molecule is CCc1cnccc1-c1nc2cc(C(C)(C)C)ccc2o1. The molecule has 21 heavy (non-hydrogen) atoms. The lowest BCUT2D eigenvalue weighted by Gasteiger charge is -2.18. The molecule has 0 aliphatic rings. The Kier molecular flexibility index (Phi) is 3.28. The fourth-order valence-corrected chi connectivity index (χ4v) is 2.43. The average Bonchev–Trinajstić information content (AvgIpc) is 2.89. The molecule has 0 spiro atoms. The maximum Gasteiger partial charge on any atom is 0.227 e. The van der Waals surface area contributed by atoms with Crippen LogP contribution in [-0.2, 0) is 11.8 Å². The zero-order chi connectivity index (χ0) is 15.0. The Labute approximate surface area is 125 Å². The number of fused-ring (bicyclic) bond motifs is 1. The molecule has 3 rings (SSSR count). The standard InChI is InChI=1S/C18H20N2O/c1-5-12-11-19-9-8-14(12)17-20-15-10-13(18(2,3)4)6-7-16(15)21-17/h6-11H,5H2,1-4H3. The maximum atomic E-state index is 5.93. The summed E-state index contributed by atoms with van der Waals surface area (Å²) in [6.45, 7) is 8.72. The van der Waals surface area contributed by atoms with Crippen molar-refractivity contribution in [3.8, 4) is 11.5 Å². The van der Waals surface area contributed by atoms with E-state index in [2.05, 4.69) is 49.8 Å². The molecule has 0 N–H and O–H groups in total. The summed E-state index contributed by atoms with van der Waals surface area (Å²) in [5.74, 6) is 0.676. The molecule has 0 fully saturated rings. The van der Waals surface area contributed by atoms with Crippen LogP contribution in [0, 0.1) is 0 Å². The van der Waals surface area contributed by atoms with Gasteiger partial charge in [0.05, 0.1) is 0 Å². The smallest absolute Gasteiger partial charge is 0.227 e. The van der Waals surface area contributed by atoms with Crippen LogP contribution < -0.4 is 0 Å². The molecule has 0 amide bonds. The highest BCUT2D eigenvalue weighted by Crippen LogP contribution is 2.30. The van der Waals surface area contributed by atoms with Crippen LogP contribution in [0.3, 0.4) is 0 Å². The molecule has 1 aromatic carbocycles. The van der Waals surface area contributed by atoms with Gasteiger partial charge in [-0.2, -0.15) is 0 Å². The number of aryl methyl sites for hydroxylation is 1. The number of hydrogen-bond donors (Lipinski definition) is 0. The van der Waals surface area contributed by atoms with E-state index in [0.717, 1.165) is 28.6 Å². The predicted octanol–water partition coefficient (Wildman–Crippen LogP) is 4.75. The summed E-state index contributed by atoms with van der Waals surface area (Å²) >= 11 is 0. The normalized spacial score (nSPS) is 12.0. The maximum absolute atomic E-state index is 5.93. The van der Waals surface area contributed by atoms with E-state index in [-0.39, 0.29) is 5.41 Å². The fourth-order valence-electron chi connectivity index (χ4n) is 2.43. The molecule has 2 heterocycles. The van der Waals surface area contributed by atoms with Crippen molar-refractivity contribution < 1.29 is 4.42 Å². The van der Waals surface area contributed by atoms with Crippen molar-refractivity contribution in [3.05, 3.63) is 47.8 Å². The molecule has 0 aliphatic heterocycles. The van der Waals surface area contributed by atoms with E-state index in [1.54, 1.807) is 6.20 Å². The van der Waals surface area contributed by atoms with Gasteiger partial charge in [0, 0.05) is 18.0 Å². The van der Waals surface area contributed by atoms with E-state index in [1.165, 1.54) is 5.56 Å². The molecular weight excluding hydrogens is 260 g/mol. The third-order valence-electron chi connectivity index (χ3n) is 3.77. The first-order valence-corrected chi connectivity index (χ1v) is 7.33. The van der Waals surface area contributed by atoms with Crippen LogP contribution in [0.1, 0.15) is 38.8 Å². The minimum absolute atomic E-state index is 0.110. The fraction of sp³-hybridized carbons (Fsp3) is 0.333. The summed E-state index contributed by atoms with van der Waals surface area (Å²) in [4.78, 5) is 8.84. The summed E-state index contributed by atoms with van der Waals surface area (Å²) in [6, 6.07) is 8.22. The minimum atomic E-state index is 0.110. The molecule has 0 atom stereocenters. The highest BCUT2D eigenvalue weighted by atomic mass is 16.3. The minimum Gasteiger partial charge on any atom is -0.436 e. The molecule has 3 aromatic rings. The van der Waals surface area contributed by atoms with Crippen molar-refractivity contribution in [2.24, 2.45) is 0 Å². The molecule has 0 aliphatic carbocycles. The molecular formula is C18H20N2O. The Bertz CT molecular complexity index is 781. The number of rotatable bonds is 2. The summed E-state index contributed by atoms with van der Waals surface area (Å²) in [7, 11) is 0. The van der Waals surface area contributed by atoms with Crippen LogP contribution >= 0.6 is 0 Å². The van der Waals surface area contributed by atoms with E-state index in [9.17, 15) is 0 Å². The number of hydrogen-bond acceptors (Lipinski definition) is 3. The summed E-state index contributed by atoms with van der Waals surface area (Å²) < 4.78 is 5.93. The zero-order valence-electron chi connectivity index (χ0n) is 13.0. The van der Waals surface area contributed by atoms with Gasteiger partial charge in [-0.3, -0.25) is 4.98 Å². The van der Waals surface area contributed by atoms with Crippen molar-refractivity contribution in [1.82, 2.24) is 9.97 Å². The van der Waals surface area contributed by atoms with Crippen molar-refractivity contribution in [1.29, 1.82) is 0 Å². The van der Waals surface area contributed by atoms with E-state index in [0.29, 0.717) is 5.89 Å². The molecule has 0 saturated heterocycles. The van der Waals surface area contributed by atoms with Crippen molar-refractivity contribution in [2.75, 3.05) is 0 Å². The van der Waals surface area contributed by atoms with Gasteiger partial charge in [0.1, 0.15) is 5.52 Å². The van der Waals surface area contributed by atoms with Crippen LogP contribution in [0.5, 0.6) is 0 Å². The number of pyridine rings is 1. The molecule has 108 valence electrons. The van der Waals surface area contributed by atoms with Crippen LogP contribution in [0.25, 0.3) is 22.6 Å². The van der Waals surface area contributed by atoms with E-state index < -0.39 is 0 Å². The lowest BCUT2D eigenvalue weighted by atomic mass is 9.87. The van der Waals surface area contributed by atoms with Gasteiger partial charge in [-0.25, -0.2) is 4.98 Å². The first-order valence-electron chi connectivity index (χ1n) is 7.33. The van der Waals surface area contributed by atoms with Crippen LogP contribution in [0.2, 0.25) is 0 Å². The first kappa shape index (κ1) is 13.8. The average molecular weight is 280 g/mol. The third-order valence-corrected chi connectivity index (χ3v) is 3.77. The summed E-state index contributed by atoms with van der Waals surface area (Å²) in [6.07, 6.45) is 4.57. The second-order valence-electron chi connectivity index (χ2n) is 6.34. The number of benzene rings is 1. The lowest BCUT2D eigenvalue weighted by Crippen LogP contribution is -2.10. The summed E-state index contributed by atoms with van der Waals surface area (Å²) in [5.41, 5.74) is 5.30. The van der Waals surface area contributed by atoms with Gasteiger partial charge in [-0.05, 0) is 41.2 Å². The number of oxazole rings is 1. The lowest BCUT2D eigenvalue weighted by molar-refractivity contribution is 0.590. The van der Waals surface area contributed by atoms with Crippen molar-refractivity contribution in [2.45, 2.75) is 39.5 Å².